The molecular formula is C10H13ClF2N2O. The van der Waals surface area contributed by atoms with Gasteiger partial charge in [0.05, 0.1) is 6.54 Å². The van der Waals surface area contributed by atoms with Gasteiger partial charge in [-0.15, -0.1) is 12.4 Å². The highest BCUT2D eigenvalue weighted by atomic mass is 35.5. The third kappa shape index (κ3) is 4.12. The lowest BCUT2D eigenvalue weighted by molar-refractivity contribution is -0.119. The lowest BCUT2D eigenvalue weighted by Crippen LogP contribution is -2.31. The summed E-state index contributed by atoms with van der Waals surface area (Å²) >= 11 is 0. The molecule has 0 aliphatic rings. The van der Waals surface area contributed by atoms with Crippen molar-refractivity contribution in [3.63, 3.8) is 0 Å². The van der Waals surface area contributed by atoms with E-state index in [9.17, 15) is 13.6 Å². The number of nitrogens with one attached hydrogen (secondary N) is 1. The van der Waals surface area contributed by atoms with Gasteiger partial charge in [-0.3, -0.25) is 4.79 Å². The maximum atomic E-state index is 13.1. The van der Waals surface area contributed by atoms with Gasteiger partial charge in [0.25, 0.3) is 0 Å². The van der Waals surface area contributed by atoms with Gasteiger partial charge in [0.1, 0.15) is 0 Å². The van der Waals surface area contributed by atoms with Gasteiger partial charge in [-0.05, 0) is 18.1 Å². The van der Waals surface area contributed by atoms with Crippen LogP contribution in [0.1, 0.15) is 5.56 Å². The van der Waals surface area contributed by atoms with E-state index in [1.165, 1.54) is 12.1 Å². The monoisotopic (exact) mass is 250 g/mol. The van der Waals surface area contributed by atoms with E-state index in [2.05, 4.69) is 5.32 Å². The van der Waals surface area contributed by atoms with Crippen LogP contribution in [0.3, 0.4) is 0 Å². The summed E-state index contributed by atoms with van der Waals surface area (Å²) in [7, 11) is 0. The summed E-state index contributed by atoms with van der Waals surface area (Å²) in [6.45, 7) is 0.141. The molecule has 0 aliphatic heterocycles. The molecule has 0 spiro atoms. The molecule has 0 bridgehead atoms. The minimum absolute atomic E-state index is 0. The van der Waals surface area contributed by atoms with Crippen LogP contribution in [-0.4, -0.2) is 19.0 Å². The lowest BCUT2D eigenvalue weighted by Gasteiger charge is -2.05. The number of rotatable bonds is 4. The zero-order valence-electron chi connectivity index (χ0n) is 8.50. The van der Waals surface area contributed by atoms with Crippen LogP contribution >= 0.6 is 12.4 Å². The van der Waals surface area contributed by atoms with Crippen molar-refractivity contribution in [3.05, 3.63) is 35.4 Å². The number of amides is 1. The topological polar surface area (TPSA) is 55.1 Å². The second-order valence-electron chi connectivity index (χ2n) is 3.02. The summed E-state index contributed by atoms with van der Waals surface area (Å²) in [5.74, 6) is -2.05. The Kier molecular flexibility index (Phi) is 6.60. The highest BCUT2D eigenvalue weighted by molar-refractivity contribution is 5.85. The highest BCUT2D eigenvalue weighted by Gasteiger charge is 2.07. The molecule has 1 rings (SSSR count). The van der Waals surface area contributed by atoms with Gasteiger partial charge in [0.2, 0.25) is 5.91 Å². The van der Waals surface area contributed by atoms with E-state index < -0.39 is 11.6 Å². The molecular weight excluding hydrogens is 238 g/mol. The van der Waals surface area contributed by atoms with Crippen LogP contribution in [0, 0.1) is 11.6 Å². The van der Waals surface area contributed by atoms with E-state index in [4.69, 9.17) is 5.73 Å². The molecule has 6 heteroatoms. The number of hydrogen-bond donors (Lipinski definition) is 2. The zero-order chi connectivity index (χ0) is 11.3. The fraction of sp³-hybridized carbons (Fsp3) is 0.300. The quantitative estimate of drug-likeness (QED) is 0.838. The summed E-state index contributed by atoms with van der Waals surface area (Å²) < 4.78 is 25.8. The average molecular weight is 251 g/mol. The average Bonchev–Trinajstić information content (AvgIpc) is 2.24. The van der Waals surface area contributed by atoms with Gasteiger partial charge in [-0.2, -0.15) is 0 Å². The molecule has 0 saturated heterocycles. The second kappa shape index (κ2) is 7.14. The van der Waals surface area contributed by atoms with E-state index in [0.717, 1.165) is 6.07 Å². The first-order chi connectivity index (χ1) is 7.15. The minimum atomic E-state index is -0.877. The van der Waals surface area contributed by atoms with Crippen molar-refractivity contribution >= 4 is 18.3 Å². The highest BCUT2D eigenvalue weighted by Crippen LogP contribution is 2.11. The van der Waals surface area contributed by atoms with Gasteiger partial charge < -0.3 is 11.1 Å². The van der Waals surface area contributed by atoms with E-state index in [0.29, 0.717) is 0 Å². The molecule has 16 heavy (non-hydrogen) atoms. The number of nitrogens with two attached hydrogens (primary N) is 1. The van der Waals surface area contributed by atoms with Gasteiger partial charge in [-0.1, -0.05) is 12.1 Å². The van der Waals surface area contributed by atoms with Crippen molar-refractivity contribution in [3.8, 4) is 0 Å². The van der Waals surface area contributed by atoms with Crippen molar-refractivity contribution in [2.24, 2.45) is 5.73 Å². The van der Waals surface area contributed by atoms with Crippen LogP contribution in [-0.2, 0) is 11.2 Å². The summed E-state index contributed by atoms with van der Waals surface area (Å²) in [4.78, 5) is 10.7. The Morgan fingerprint density at radius 3 is 2.69 bits per heavy atom. The van der Waals surface area contributed by atoms with Crippen molar-refractivity contribution in [2.45, 2.75) is 6.42 Å². The largest absolute Gasteiger partial charge is 0.355 e. The Labute approximate surface area is 98.4 Å². The fourth-order valence-corrected chi connectivity index (χ4v) is 1.15. The molecule has 1 amide bonds. The number of carbonyl (C=O) groups is 1. The fourth-order valence-electron chi connectivity index (χ4n) is 1.15. The van der Waals surface area contributed by atoms with Gasteiger partial charge in [0, 0.05) is 6.54 Å². The Balaban J connectivity index is 0.00000225. The molecule has 0 unspecified atom stereocenters. The van der Waals surface area contributed by atoms with Crippen molar-refractivity contribution < 1.29 is 13.6 Å². The third-order valence-electron chi connectivity index (χ3n) is 1.93. The normalized spacial score (nSPS) is 9.44. The predicted octanol–water partition coefficient (Wildman–Crippen LogP) is 1.00. The van der Waals surface area contributed by atoms with Crippen molar-refractivity contribution in [1.29, 1.82) is 0 Å². The molecule has 1 aromatic carbocycles. The van der Waals surface area contributed by atoms with Gasteiger partial charge in [-0.25, -0.2) is 8.78 Å². The molecule has 0 saturated carbocycles. The maximum Gasteiger partial charge on any atom is 0.233 e. The van der Waals surface area contributed by atoms with Crippen LogP contribution in [0.2, 0.25) is 0 Å². The first kappa shape index (κ1) is 14.8. The molecule has 0 radical (unpaired) electrons. The lowest BCUT2D eigenvalue weighted by atomic mass is 10.1. The second-order valence-corrected chi connectivity index (χ2v) is 3.02. The molecule has 3 nitrogen and oxygen atoms in total. The van der Waals surface area contributed by atoms with Crippen molar-refractivity contribution in [2.75, 3.05) is 13.1 Å². The number of benzene rings is 1. The number of carbonyl (C=O) groups excluding carboxylic acids is 1. The summed E-state index contributed by atoms with van der Waals surface area (Å²) in [6, 6.07) is 3.96. The van der Waals surface area contributed by atoms with E-state index in [1.54, 1.807) is 0 Å². The Morgan fingerprint density at radius 2 is 2.06 bits per heavy atom. The van der Waals surface area contributed by atoms with Crippen LogP contribution in [0.5, 0.6) is 0 Å². The number of hydrogen-bond acceptors (Lipinski definition) is 2. The standard InChI is InChI=1S/C10H12F2N2O.ClH/c11-8-3-1-2-7(10(8)12)4-5-14-9(15)6-13;/h1-3H,4-6,13H2,(H,14,15);1H. The van der Waals surface area contributed by atoms with E-state index in [1.807, 2.05) is 0 Å². The van der Waals surface area contributed by atoms with Crippen molar-refractivity contribution in [1.82, 2.24) is 5.32 Å². The molecule has 0 aliphatic carbocycles. The van der Waals surface area contributed by atoms with E-state index >= 15 is 0 Å². The molecule has 0 heterocycles. The molecule has 0 fully saturated rings. The van der Waals surface area contributed by atoms with Gasteiger partial charge >= 0.3 is 0 Å². The molecule has 0 aromatic heterocycles. The summed E-state index contributed by atoms with van der Waals surface area (Å²) in [6.07, 6.45) is 0.245. The van der Waals surface area contributed by atoms with Gasteiger partial charge in [0.15, 0.2) is 11.6 Å². The van der Waals surface area contributed by atoms with E-state index in [-0.39, 0.29) is 43.4 Å². The first-order valence-electron chi connectivity index (χ1n) is 4.55. The Hall–Kier alpha value is -1.20. The Morgan fingerprint density at radius 1 is 1.38 bits per heavy atom. The van der Waals surface area contributed by atoms with Crippen LogP contribution in [0.15, 0.2) is 18.2 Å². The number of halogens is 3. The SMILES string of the molecule is Cl.NCC(=O)NCCc1cccc(F)c1F. The third-order valence-corrected chi connectivity index (χ3v) is 1.93. The summed E-state index contributed by atoms with van der Waals surface area (Å²) in [5.41, 5.74) is 5.30. The summed E-state index contributed by atoms with van der Waals surface area (Å²) in [5, 5.41) is 2.47. The zero-order valence-corrected chi connectivity index (χ0v) is 9.32. The molecule has 1 aromatic rings. The van der Waals surface area contributed by atoms with Crippen LogP contribution in [0.25, 0.3) is 0 Å². The molecule has 90 valence electrons. The Bertz CT molecular complexity index is 361. The maximum absolute atomic E-state index is 13.1. The first-order valence-corrected chi connectivity index (χ1v) is 4.55. The van der Waals surface area contributed by atoms with Crippen LogP contribution in [0.4, 0.5) is 8.78 Å². The molecule has 0 atom stereocenters. The minimum Gasteiger partial charge on any atom is -0.355 e. The van der Waals surface area contributed by atoms with Crippen LogP contribution < -0.4 is 11.1 Å². The predicted molar refractivity (Wildman–Crippen MR) is 59.4 cm³/mol. The molecule has 3 N–H and O–H groups in total. The smallest absolute Gasteiger partial charge is 0.233 e.